The van der Waals surface area contributed by atoms with Crippen LogP contribution in [0.4, 0.5) is 11.5 Å². The molecule has 1 aliphatic carbocycles. The molecule has 26 heavy (non-hydrogen) atoms. The zero-order valence-corrected chi connectivity index (χ0v) is 14.6. The molecule has 5 heteroatoms. The Morgan fingerprint density at radius 1 is 1.00 bits per heavy atom. The lowest BCUT2D eigenvalue weighted by atomic mass is 10.1. The van der Waals surface area contributed by atoms with Gasteiger partial charge in [0, 0.05) is 34.9 Å². The van der Waals surface area contributed by atoms with E-state index in [1.165, 1.54) is 11.3 Å². The standard InChI is InChI=1S/C21H19N5/c1-14-19(15-6-3-2-4-7-15)21-24-18-9-5-8-17(18)20(26(21)25-14)23-16-10-12-22-13-11-16/h2-4,6-7,10-13H,5,8-9H2,1H3,(H,22,23). The number of benzene rings is 1. The van der Waals surface area contributed by atoms with Crippen molar-refractivity contribution in [1.29, 1.82) is 0 Å². The van der Waals surface area contributed by atoms with E-state index in [2.05, 4.69) is 41.5 Å². The number of nitrogens with zero attached hydrogens (tertiary/aromatic N) is 4. The van der Waals surface area contributed by atoms with E-state index in [9.17, 15) is 0 Å². The summed E-state index contributed by atoms with van der Waals surface area (Å²) in [4.78, 5) is 9.11. The lowest BCUT2D eigenvalue weighted by Gasteiger charge is -2.13. The maximum Gasteiger partial charge on any atom is 0.165 e. The van der Waals surface area contributed by atoms with Crippen molar-refractivity contribution < 1.29 is 0 Å². The van der Waals surface area contributed by atoms with Gasteiger partial charge < -0.3 is 5.32 Å². The summed E-state index contributed by atoms with van der Waals surface area (Å²) in [7, 11) is 0. The number of rotatable bonds is 3. The third-order valence-corrected chi connectivity index (χ3v) is 4.97. The summed E-state index contributed by atoms with van der Waals surface area (Å²) in [6.45, 7) is 2.05. The summed E-state index contributed by atoms with van der Waals surface area (Å²) in [6, 6.07) is 14.3. The quantitative estimate of drug-likeness (QED) is 0.602. The number of fused-ring (bicyclic) bond motifs is 2. The molecule has 0 saturated carbocycles. The van der Waals surface area contributed by atoms with Gasteiger partial charge in [0.15, 0.2) is 5.65 Å². The third kappa shape index (κ3) is 2.36. The Morgan fingerprint density at radius 3 is 2.62 bits per heavy atom. The lowest BCUT2D eigenvalue weighted by molar-refractivity contribution is 0.900. The van der Waals surface area contributed by atoms with Crippen LogP contribution in [0.5, 0.6) is 0 Å². The first-order valence-electron chi connectivity index (χ1n) is 8.95. The summed E-state index contributed by atoms with van der Waals surface area (Å²) in [5, 5.41) is 8.40. The van der Waals surface area contributed by atoms with E-state index in [1.54, 1.807) is 12.4 Å². The molecule has 1 aromatic carbocycles. The third-order valence-electron chi connectivity index (χ3n) is 4.97. The molecule has 0 saturated heterocycles. The van der Waals surface area contributed by atoms with Crippen molar-refractivity contribution in [2.24, 2.45) is 0 Å². The average Bonchev–Trinajstić information content (AvgIpc) is 3.27. The first-order chi connectivity index (χ1) is 12.8. The summed E-state index contributed by atoms with van der Waals surface area (Å²) in [5.41, 5.74) is 7.65. The fourth-order valence-corrected chi connectivity index (χ4v) is 3.78. The molecule has 0 bridgehead atoms. The number of hydrogen-bond donors (Lipinski definition) is 1. The van der Waals surface area contributed by atoms with Crippen molar-refractivity contribution in [3.05, 3.63) is 71.8 Å². The van der Waals surface area contributed by atoms with Crippen LogP contribution in [0.1, 0.15) is 23.4 Å². The van der Waals surface area contributed by atoms with Gasteiger partial charge in [0.25, 0.3) is 0 Å². The van der Waals surface area contributed by atoms with Gasteiger partial charge in [0.2, 0.25) is 0 Å². The van der Waals surface area contributed by atoms with Gasteiger partial charge in [-0.15, -0.1) is 0 Å². The van der Waals surface area contributed by atoms with Crippen LogP contribution in [0.3, 0.4) is 0 Å². The second-order valence-corrected chi connectivity index (χ2v) is 6.66. The number of nitrogens with one attached hydrogen (secondary N) is 1. The van der Waals surface area contributed by atoms with Crippen molar-refractivity contribution in [1.82, 2.24) is 19.6 Å². The molecule has 5 rings (SSSR count). The molecule has 128 valence electrons. The van der Waals surface area contributed by atoms with Gasteiger partial charge in [-0.25, -0.2) is 4.98 Å². The Kier molecular flexibility index (Phi) is 3.45. The first kappa shape index (κ1) is 15.1. The molecule has 4 aromatic rings. The van der Waals surface area contributed by atoms with Crippen LogP contribution in [0, 0.1) is 6.92 Å². The summed E-state index contributed by atoms with van der Waals surface area (Å²) < 4.78 is 1.97. The summed E-state index contributed by atoms with van der Waals surface area (Å²) in [6.07, 6.45) is 6.79. The lowest BCUT2D eigenvalue weighted by Crippen LogP contribution is -2.07. The minimum atomic E-state index is 0.922. The Morgan fingerprint density at radius 2 is 1.81 bits per heavy atom. The number of pyridine rings is 1. The molecule has 3 aromatic heterocycles. The molecule has 0 aliphatic heterocycles. The Hall–Kier alpha value is -3.21. The minimum absolute atomic E-state index is 0.922. The zero-order valence-electron chi connectivity index (χ0n) is 14.6. The molecular weight excluding hydrogens is 322 g/mol. The number of aryl methyl sites for hydroxylation is 2. The van der Waals surface area contributed by atoms with Crippen molar-refractivity contribution >= 4 is 17.2 Å². The number of aromatic nitrogens is 4. The molecular formula is C21H19N5. The normalized spacial score (nSPS) is 13.1. The molecule has 0 atom stereocenters. The van der Waals surface area contributed by atoms with Gasteiger partial charge in [0.1, 0.15) is 5.82 Å². The maximum atomic E-state index is 5.00. The molecule has 1 N–H and O–H groups in total. The number of anilines is 2. The van der Waals surface area contributed by atoms with Gasteiger partial charge in [0.05, 0.1) is 5.69 Å². The predicted molar refractivity (Wildman–Crippen MR) is 103 cm³/mol. The highest BCUT2D eigenvalue weighted by atomic mass is 15.3. The molecule has 0 unspecified atom stereocenters. The van der Waals surface area contributed by atoms with E-state index in [-0.39, 0.29) is 0 Å². The molecule has 0 amide bonds. The largest absolute Gasteiger partial charge is 0.340 e. The monoisotopic (exact) mass is 341 g/mol. The topological polar surface area (TPSA) is 55.1 Å². The fraction of sp³-hybridized carbons (Fsp3) is 0.190. The molecule has 0 radical (unpaired) electrons. The number of hydrogen-bond acceptors (Lipinski definition) is 4. The van der Waals surface area contributed by atoms with Gasteiger partial charge in [-0.3, -0.25) is 4.98 Å². The predicted octanol–water partition coefficient (Wildman–Crippen LogP) is 4.33. The van der Waals surface area contributed by atoms with Crippen LogP contribution in [0.15, 0.2) is 54.9 Å². The van der Waals surface area contributed by atoms with Crippen molar-refractivity contribution in [2.75, 3.05) is 5.32 Å². The highest BCUT2D eigenvalue weighted by Crippen LogP contribution is 2.35. The zero-order chi connectivity index (χ0) is 17.5. The average molecular weight is 341 g/mol. The van der Waals surface area contributed by atoms with Crippen LogP contribution < -0.4 is 5.32 Å². The summed E-state index contributed by atoms with van der Waals surface area (Å²) >= 11 is 0. The van der Waals surface area contributed by atoms with Crippen molar-refractivity contribution in [2.45, 2.75) is 26.2 Å². The van der Waals surface area contributed by atoms with E-state index >= 15 is 0 Å². The summed E-state index contributed by atoms with van der Waals surface area (Å²) in [5.74, 6) is 1.03. The molecule has 0 fully saturated rings. The van der Waals surface area contributed by atoms with E-state index < -0.39 is 0 Å². The van der Waals surface area contributed by atoms with Gasteiger partial charge in [-0.2, -0.15) is 9.61 Å². The first-order valence-corrected chi connectivity index (χ1v) is 8.95. The Balaban J connectivity index is 1.76. The highest BCUT2D eigenvalue weighted by Gasteiger charge is 2.24. The van der Waals surface area contributed by atoms with E-state index in [0.29, 0.717) is 0 Å². The van der Waals surface area contributed by atoms with Crippen molar-refractivity contribution in [3.63, 3.8) is 0 Å². The van der Waals surface area contributed by atoms with E-state index in [0.717, 1.165) is 53.2 Å². The SMILES string of the molecule is Cc1nn2c(Nc3ccncc3)c3c(nc2c1-c1ccccc1)CCC3. The van der Waals surface area contributed by atoms with Gasteiger partial charge in [-0.05, 0) is 43.9 Å². The van der Waals surface area contributed by atoms with Crippen molar-refractivity contribution in [3.8, 4) is 11.1 Å². The van der Waals surface area contributed by atoms with Crippen LogP contribution in [0.2, 0.25) is 0 Å². The second-order valence-electron chi connectivity index (χ2n) is 6.66. The Bertz CT molecular complexity index is 1080. The Labute approximate surface area is 151 Å². The smallest absolute Gasteiger partial charge is 0.165 e. The highest BCUT2D eigenvalue weighted by molar-refractivity contribution is 5.82. The molecule has 0 spiro atoms. The van der Waals surface area contributed by atoms with Crippen LogP contribution >= 0.6 is 0 Å². The fourth-order valence-electron chi connectivity index (χ4n) is 3.78. The molecule has 5 nitrogen and oxygen atoms in total. The second kappa shape index (κ2) is 5.95. The maximum absolute atomic E-state index is 5.00. The van der Waals surface area contributed by atoms with Gasteiger partial charge >= 0.3 is 0 Å². The molecule has 3 heterocycles. The van der Waals surface area contributed by atoms with Crippen LogP contribution in [0.25, 0.3) is 16.8 Å². The minimum Gasteiger partial charge on any atom is -0.340 e. The van der Waals surface area contributed by atoms with Crippen LogP contribution in [-0.2, 0) is 12.8 Å². The van der Waals surface area contributed by atoms with Crippen LogP contribution in [-0.4, -0.2) is 19.6 Å². The molecule has 1 aliphatic rings. The van der Waals surface area contributed by atoms with E-state index in [4.69, 9.17) is 10.1 Å². The van der Waals surface area contributed by atoms with Gasteiger partial charge in [-0.1, -0.05) is 30.3 Å². The van der Waals surface area contributed by atoms with E-state index in [1.807, 2.05) is 22.7 Å².